The minimum Gasteiger partial charge on any atom is -0.490 e. The number of fused-ring (bicyclic) bond motifs is 1. The molecule has 0 aliphatic rings. The van der Waals surface area contributed by atoms with Gasteiger partial charge in [-0.15, -0.1) is 0 Å². The lowest BCUT2D eigenvalue weighted by molar-refractivity contribution is -0.118. The standard InChI is InChI=1S/C29H28BrClN4O4/c1-3-5-6-27-34-24-13-8-20(30)16-23(24)29(37)35(27)32-17-19-7-14-25(26(15-19)38-4-2)39-18-28(36)33-22-11-9-21(31)10-12-22/h7-17H,3-6,18H2,1-2H3,(H,33,36). The van der Waals surface area contributed by atoms with Crippen LogP contribution >= 0.6 is 27.5 Å². The first-order valence-electron chi connectivity index (χ1n) is 12.6. The minimum atomic E-state index is -0.320. The van der Waals surface area contributed by atoms with Gasteiger partial charge in [-0.2, -0.15) is 9.78 Å². The molecule has 0 spiro atoms. The number of nitrogens with zero attached hydrogens (tertiary/aromatic N) is 3. The van der Waals surface area contributed by atoms with E-state index < -0.39 is 0 Å². The van der Waals surface area contributed by atoms with Crippen molar-refractivity contribution in [3.63, 3.8) is 0 Å². The van der Waals surface area contributed by atoms with Gasteiger partial charge in [-0.05, 0) is 79.6 Å². The lowest BCUT2D eigenvalue weighted by Crippen LogP contribution is -2.22. The van der Waals surface area contributed by atoms with Crippen LogP contribution in [0.5, 0.6) is 11.5 Å². The van der Waals surface area contributed by atoms with E-state index in [1.54, 1.807) is 54.7 Å². The SMILES string of the molecule is CCCCc1nc2ccc(Br)cc2c(=O)n1N=Cc1ccc(OCC(=O)Nc2ccc(Cl)cc2)c(OCC)c1. The molecule has 0 unspecified atom stereocenters. The molecule has 0 fully saturated rings. The number of benzene rings is 3. The van der Waals surface area contributed by atoms with Gasteiger partial charge in [0, 0.05) is 21.6 Å². The van der Waals surface area contributed by atoms with E-state index in [0.29, 0.717) is 57.5 Å². The van der Waals surface area contributed by atoms with E-state index in [0.717, 1.165) is 17.3 Å². The highest BCUT2D eigenvalue weighted by Gasteiger charge is 2.12. The molecule has 1 amide bonds. The first-order chi connectivity index (χ1) is 18.9. The summed E-state index contributed by atoms with van der Waals surface area (Å²) in [6.45, 7) is 4.14. The van der Waals surface area contributed by atoms with E-state index in [4.69, 9.17) is 26.1 Å². The van der Waals surface area contributed by atoms with E-state index in [9.17, 15) is 9.59 Å². The van der Waals surface area contributed by atoms with Crippen molar-refractivity contribution in [1.29, 1.82) is 0 Å². The van der Waals surface area contributed by atoms with Crippen LogP contribution in [-0.4, -0.2) is 35.0 Å². The fourth-order valence-corrected chi connectivity index (χ4v) is 4.29. The number of aromatic nitrogens is 2. The average Bonchev–Trinajstić information content (AvgIpc) is 2.93. The Morgan fingerprint density at radius 2 is 1.87 bits per heavy atom. The molecule has 1 N–H and O–H groups in total. The van der Waals surface area contributed by atoms with Gasteiger partial charge in [0.15, 0.2) is 18.1 Å². The highest BCUT2D eigenvalue weighted by atomic mass is 79.9. The van der Waals surface area contributed by atoms with Gasteiger partial charge in [-0.1, -0.05) is 40.9 Å². The first kappa shape index (κ1) is 28.3. The number of amides is 1. The second-order valence-electron chi connectivity index (χ2n) is 8.64. The third kappa shape index (κ3) is 7.46. The molecule has 4 rings (SSSR count). The zero-order valence-electron chi connectivity index (χ0n) is 21.6. The van der Waals surface area contributed by atoms with Crippen molar-refractivity contribution in [3.05, 3.63) is 91.9 Å². The van der Waals surface area contributed by atoms with Crippen LogP contribution in [0.3, 0.4) is 0 Å². The second-order valence-corrected chi connectivity index (χ2v) is 9.99. The molecule has 0 radical (unpaired) electrons. The summed E-state index contributed by atoms with van der Waals surface area (Å²) in [5.41, 5.74) is 1.72. The van der Waals surface area contributed by atoms with Crippen molar-refractivity contribution in [3.8, 4) is 11.5 Å². The molecule has 3 aromatic carbocycles. The molecule has 0 bridgehead atoms. The number of carbonyl (C=O) groups excluding carboxylic acids is 1. The number of halogens is 2. The van der Waals surface area contributed by atoms with Crippen molar-refractivity contribution in [2.24, 2.45) is 5.10 Å². The third-order valence-corrected chi connectivity index (χ3v) is 6.45. The maximum atomic E-state index is 13.3. The number of carbonyl (C=O) groups is 1. The summed E-state index contributed by atoms with van der Waals surface area (Å²) < 4.78 is 13.6. The second kappa shape index (κ2) is 13.4. The van der Waals surface area contributed by atoms with E-state index in [2.05, 4.69) is 33.3 Å². The Labute approximate surface area is 239 Å². The largest absolute Gasteiger partial charge is 0.490 e. The van der Waals surface area contributed by atoms with Gasteiger partial charge in [0.05, 0.1) is 23.7 Å². The molecule has 4 aromatic rings. The molecule has 39 heavy (non-hydrogen) atoms. The van der Waals surface area contributed by atoms with Gasteiger partial charge in [0.2, 0.25) is 0 Å². The molecule has 0 aliphatic heterocycles. The summed E-state index contributed by atoms with van der Waals surface area (Å²) in [6, 6.07) is 17.5. The molecule has 0 atom stereocenters. The topological polar surface area (TPSA) is 94.8 Å². The molecule has 8 nitrogen and oxygen atoms in total. The number of rotatable bonds is 11. The Balaban J connectivity index is 1.55. The third-order valence-electron chi connectivity index (χ3n) is 5.71. The summed E-state index contributed by atoms with van der Waals surface area (Å²) >= 11 is 9.32. The lowest BCUT2D eigenvalue weighted by Gasteiger charge is -2.13. The smallest absolute Gasteiger partial charge is 0.282 e. The Morgan fingerprint density at radius 3 is 2.62 bits per heavy atom. The van der Waals surface area contributed by atoms with Crippen molar-refractivity contribution in [1.82, 2.24) is 9.66 Å². The zero-order chi connectivity index (χ0) is 27.8. The lowest BCUT2D eigenvalue weighted by atomic mass is 10.2. The molecule has 1 heterocycles. The number of hydrogen-bond donors (Lipinski definition) is 1. The summed E-state index contributed by atoms with van der Waals surface area (Å²) in [6.07, 6.45) is 4.07. The Kier molecular flexibility index (Phi) is 9.73. The normalized spacial score (nSPS) is 11.2. The van der Waals surface area contributed by atoms with Crippen LogP contribution in [-0.2, 0) is 11.2 Å². The maximum absolute atomic E-state index is 13.3. The number of unbranched alkanes of at least 4 members (excludes halogenated alkanes) is 1. The Hall–Kier alpha value is -3.69. The van der Waals surface area contributed by atoms with E-state index in [-0.39, 0.29) is 18.1 Å². The predicted molar refractivity (Wildman–Crippen MR) is 158 cm³/mol. The van der Waals surface area contributed by atoms with Gasteiger partial charge in [0.25, 0.3) is 11.5 Å². The summed E-state index contributed by atoms with van der Waals surface area (Å²) in [5, 5.41) is 8.32. The molecule has 0 aliphatic carbocycles. The Morgan fingerprint density at radius 1 is 1.08 bits per heavy atom. The average molecular weight is 612 g/mol. The van der Waals surface area contributed by atoms with Crippen molar-refractivity contribution in [2.45, 2.75) is 33.1 Å². The molecular formula is C29H28BrClN4O4. The van der Waals surface area contributed by atoms with E-state index in [1.165, 1.54) is 4.68 Å². The highest BCUT2D eigenvalue weighted by molar-refractivity contribution is 9.10. The molecule has 0 saturated heterocycles. The minimum absolute atomic E-state index is 0.204. The molecule has 202 valence electrons. The van der Waals surface area contributed by atoms with Crippen molar-refractivity contribution >= 4 is 56.2 Å². The van der Waals surface area contributed by atoms with Crippen LogP contribution < -0.4 is 20.3 Å². The summed E-state index contributed by atoms with van der Waals surface area (Å²) in [7, 11) is 0. The van der Waals surface area contributed by atoms with Crippen LogP contribution in [0.2, 0.25) is 5.02 Å². The number of aryl methyl sites for hydroxylation is 1. The fraction of sp³-hybridized carbons (Fsp3) is 0.241. The number of anilines is 1. The molecule has 10 heteroatoms. The Bertz CT molecular complexity index is 1550. The summed E-state index contributed by atoms with van der Waals surface area (Å²) in [4.78, 5) is 30.4. The molecule has 1 aromatic heterocycles. The predicted octanol–water partition coefficient (Wildman–Crippen LogP) is 6.45. The van der Waals surface area contributed by atoms with Gasteiger partial charge in [-0.3, -0.25) is 9.59 Å². The van der Waals surface area contributed by atoms with Gasteiger partial charge in [-0.25, -0.2) is 4.98 Å². The quantitative estimate of drug-likeness (QED) is 0.197. The van der Waals surface area contributed by atoms with Crippen molar-refractivity contribution in [2.75, 3.05) is 18.5 Å². The number of hydrogen-bond acceptors (Lipinski definition) is 6. The van der Waals surface area contributed by atoms with Gasteiger partial charge in [0.1, 0.15) is 5.82 Å². The van der Waals surface area contributed by atoms with Crippen LogP contribution in [0, 0.1) is 0 Å². The van der Waals surface area contributed by atoms with Gasteiger partial charge >= 0.3 is 0 Å². The number of nitrogens with one attached hydrogen (secondary N) is 1. The van der Waals surface area contributed by atoms with Crippen LogP contribution in [0.15, 0.2) is 75.0 Å². The zero-order valence-corrected chi connectivity index (χ0v) is 24.0. The van der Waals surface area contributed by atoms with Crippen LogP contribution in [0.4, 0.5) is 5.69 Å². The van der Waals surface area contributed by atoms with E-state index in [1.807, 2.05) is 19.1 Å². The van der Waals surface area contributed by atoms with E-state index >= 15 is 0 Å². The first-order valence-corrected chi connectivity index (χ1v) is 13.8. The van der Waals surface area contributed by atoms with Crippen molar-refractivity contribution < 1.29 is 14.3 Å². The number of ether oxygens (including phenoxy) is 2. The van der Waals surface area contributed by atoms with Crippen LogP contribution in [0.25, 0.3) is 10.9 Å². The highest BCUT2D eigenvalue weighted by Crippen LogP contribution is 2.28. The molecule has 0 saturated carbocycles. The maximum Gasteiger partial charge on any atom is 0.282 e. The molecular weight excluding hydrogens is 584 g/mol. The summed E-state index contributed by atoms with van der Waals surface area (Å²) in [5.74, 6) is 1.16. The fourth-order valence-electron chi connectivity index (χ4n) is 3.80. The van der Waals surface area contributed by atoms with Gasteiger partial charge < -0.3 is 14.8 Å². The van der Waals surface area contributed by atoms with Crippen LogP contribution in [0.1, 0.15) is 38.1 Å². The monoisotopic (exact) mass is 610 g/mol.